The second-order valence-electron chi connectivity index (χ2n) is 51.1. The fraction of sp³-hybridized carbons (Fsp3) is 0.922. The Labute approximate surface area is 716 Å². The zero-order valence-corrected chi connectivity index (χ0v) is 77.8. The molecule has 25 fully saturated rings. The summed E-state index contributed by atoms with van der Waals surface area (Å²) < 4.78 is 50.5. The van der Waals surface area contributed by atoms with Crippen LogP contribution in [0.15, 0.2) is 0 Å². The molecule has 0 aromatic rings. The molecule has 8 unspecified atom stereocenters. The van der Waals surface area contributed by atoms with Gasteiger partial charge in [-0.15, -0.1) is 0 Å². The average molecular weight is 1650 g/mol. The van der Waals surface area contributed by atoms with E-state index in [9.17, 15) is 38.4 Å². The van der Waals surface area contributed by atoms with E-state index in [0.29, 0.717) is 84.9 Å². The lowest BCUT2D eigenvalue weighted by Gasteiger charge is -2.63. The van der Waals surface area contributed by atoms with Gasteiger partial charge in [-0.3, -0.25) is 38.4 Å². The van der Waals surface area contributed by atoms with Crippen LogP contribution in [-0.2, 0) is 76.3 Å². The van der Waals surface area contributed by atoms with Crippen molar-refractivity contribution in [1.82, 2.24) is 0 Å². The largest absolute Gasteiger partial charge is 0.460 e. The van der Waals surface area contributed by atoms with Crippen molar-refractivity contribution in [1.29, 1.82) is 0 Å². The monoisotopic (exact) mass is 1650 g/mol. The van der Waals surface area contributed by atoms with Gasteiger partial charge >= 0.3 is 47.8 Å². The molecule has 25 aliphatic rings. The van der Waals surface area contributed by atoms with E-state index >= 15 is 0 Å². The molecule has 0 aromatic carbocycles. The van der Waals surface area contributed by atoms with Crippen LogP contribution < -0.4 is 0 Å². The average Bonchev–Trinajstić information content (AvgIpc) is 0.726. The molecule has 25 aliphatic carbocycles. The van der Waals surface area contributed by atoms with Crippen LogP contribution in [-0.4, -0.2) is 92.6 Å². The van der Waals surface area contributed by atoms with Crippen LogP contribution in [0.1, 0.15) is 414 Å². The maximum atomic E-state index is 14.1. The summed E-state index contributed by atoms with van der Waals surface area (Å²) in [5.41, 5.74) is -6.76. The van der Waals surface area contributed by atoms with Crippen LogP contribution in [0.5, 0.6) is 0 Å². The molecule has 0 N–H and O–H groups in total. The minimum atomic E-state index is -0.478. The van der Waals surface area contributed by atoms with Gasteiger partial charge in [0.1, 0.15) is 44.8 Å². The van der Waals surface area contributed by atoms with Crippen molar-refractivity contribution >= 4 is 47.8 Å². The lowest BCUT2D eigenvalue weighted by molar-refractivity contribution is -0.238. The summed E-state index contributed by atoms with van der Waals surface area (Å²) in [5.74, 6) is 8.86. The van der Waals surface area contributed by atoms with Crippen LogP contribution in [0.3, 0.4) is 0 Å². The normalized spacial score (nSPS) is 43.8. The Morgan fingerprint density at radius 2 is 0.529 bits per heavy atom. The minimum Gasteiger partial charge on any atom is -0.460 e. The van der Waals surface area contributed by atoms with Crippen molar-refractivity contribution in [2.75, 3.05) is 0 Å². The zero-order valence-electron chi connectivity index (χ0n) is 77.8. The minimum absolute atomic E-state index is 0.00109. The molecule has 25 rings (SSSR count). The fourth-order valence-electron chi connectivity index (χ4n) is 32.1. The molecule has 0 radical (unpaired) electrons. The van der Waals surface area contributed by atoms with Gasteiger partial charge in [-0.1, -0.05) is 34.1 Å². The van der Waals surface area contributed by atoms with E-state index in [1.807, 2.05) is 104 Å². The molecule has 0 saturated heterocycles. The summed E-state index contributed by atoms with van der Waals surface area (Å²) in [6.07, 6.45) is 45.1. The molecule has 16 heteroatoms. The molecular formula is C103H160O16. The highest BCUT2D eigenvalue weighted by molar-refractivity contribution is 5.83. The Bertz CT molecular complexity index is 3780. The highest BCUT2D eigenvalue weighted by atomic mass is 16.6. The van der Waals surface area contributed by atoms with Crippen LogP contribution in [0.25, 0.3) is 0 Å². The first-order chi connectivity index (χ1) is 55.4. The summed E-state index contributed by atoms with van der Waals surface area (Å²) in [5, 5.41) is 0. The molecule has 25 saturated carbocycles. The predicted octanol–water partition coefficient (Wildman–Crippen LogP) is 23.1. The molecule has 0 aromatic heterocycles. The summed E-state index contributed by atoms with van der Waals surface area (Å²) in [7, 11) is 0. The van der Waals surface area contributed by atoms with Crippen molar-refractivity contribution in [3.63, 3.8) is 0 Å². The zero-order chi connectivity index (χ0) is 85.5. The number of ether oxygens (including phenoxy) is 8. The maximum Gasteiger partial charge on any atom is 0.312 e. The lowest BCUT2D eigenvalue weighted by Crippen LogP contribution is -2.63. The van der Waals surface area contributed by atoms with E-state index in [4.69, 9.17) is 37.9 Å². The summed E-state index contributed by atoms with van der Waals surface area (Å²) in [6.45, 7) is 38.5. The Hall–Kier alpha value is -4.24. The second kappa shape index (κ2) is 30.2. The van der Waals surface area contributed by atoms with Crippen LogP contribution in [0.2, 0.25) is 0 Å². The summed E-state index contributed by atoms with van der Waals surface area (Å²) in [4.78, 5) is 106. The Balaban J connectivity index is 0.000000119. The van der Waals surface area contributed by atoms with E-state index in [1.54, 1.807) is 0 Å². The number of esters is 8. The third kappa shape index (κ3) is 16.5. The SMILES string of the molecule is CCC(C)(C)C(=O)OC12CC3CC(C1)CC(C(=O)OC(C)(C)C)(C3)C2.CCC(C)(C)C(=O)OC12CC3CC(C1)CC(C(=O)OC(C)(C)C14CC5CC(CC(C5)C1)C4)(C3)C2.CCC(C)(C)C(=O)OC12CC3CC(C1)CC(C(=O)OC1(C)C4CC5CC(C4)CC1C5)(C3)C2.CCC(C)(C)C(=O)OC12CC3CC(C1)CC(C(=O)OC1(C)CCCCC1)(C3)C2. The third-order valence-electron chi connectivity index (χ3n) is 38.1. The van der Waals surface area contributed by atoms with E-state index < -0.39 is 76.9 Å². The van der Waals surface area contributed by atoms with E-state index in [1.165, 1.54) is 103 Å². The number of hydrogen-bond acceptors (Lipinski definition) is 16. The van der Waals surface area contributed by atoms with Crippen molar-refractivity contribution in [3.05, 3.63) is 0 Å². The Kier molecular flexibility index (Phi) is 22.4. The molecule has 24 bridgehead atoms. The molecule has 0 aliphatic heterocycles. The van der Waals surface area contributed by atoms with Gasteiger partial charge in [0.05, 0.1) is 43.3 Å². The first-order valence-electron chi connectivity index (χ1n) is 49.3. The molecule has 8 atom stereocenters. The first kappa shape index (κ1) is 88.2. The van der Waals surface area contributed by atoms with Crippen molar-refractivity contribution in [3.8, 4) is 0 Å². The molecule has 0 heterocycles. The van der Waals surface area contributed by atoms with Gasteiger partial charge in [-0.25, -0.2) is 0 Å². The van der Waals surface area contributed by atoms with Gasteiger partial charge in [0.25, 0.3) is 0 Å². The summed E-state index contributed by atoms with van der Waals surface area (Å²) >= 11 is 0. The van der Waals surface area contributed by atoms with Gasteiger partial charge in [0, 0.05) is 31.1 Å². The number of carbonyl (C=O) groups is 8. The van der Waals surface area contributed by atoms with Crippen molar-refractivity contribution in [2.45, 2.75) is 459 Å². The molecular weight excluding hydrogens is 1490 g/mol. The Morgan fingerprint density at radius 1 is 0.277 bits per heavy atom. The fourth-order valence-corrected chi connectivity index (χ4v) is 32.1. The highest BCUT2D eigenvalue weighted by Crippen LogP contribution is 2.71. The predicted molar refractivity (Wildman–Crippen MR) is 456 cm³/mol. The molecule has 0 amide bonds. The van der Waals surface area contributed by atoms with Crippen molar-refractivity contribution in [2.24, 2.45) is 138 Å². The van der Waals surface area contributed by atoms with Gasteiger partial charge in [0.2, 0.25) is 0 Å². The van der Waals surface area contributed by atoms with Crippen molar-refractivity contribution < 1.29 is 76.3 Å². The lowest BCUT2D eigenvalue weighted by atomic mass is 9.45. The molecule has 16 nitrogen and oxygen atoms in total. The number of hydrogen-bond donors (Lipinski definition) is 0. The number of carbonyl (C=O) groups excluding carboxylic acids is 8. The van der Waals surface area contributed by atoms with E-state index in [-0.39, 0.29) is 64.4 Å². The first-order valence-corrected chi connectivity index (χ1v) is 49.3. The molecule has 0 spiro atoms. The quantitative estimate of drug-likeness (QED) is 0.0819. The standard InChI is InChI=1S/C30H46O4.C28H42O4.C24H38O4.C21H34O4/c1-6-26(2,3)24(31)34-30-16-22-10-23(17-30)12-28(11-22,18-30)25(32)33-27(4,5)29-13-19-7-20(14-29)9-21(8-19)15-29;1-5-25(2,3)23(29)32-28-14-19-7-20(15-28)13-27(12-19,16-28)24(30)31-26(4)21-8-17-6-18(10-21)11-22(26)9-17;1-5-21(2,3)19(25)28-24-14-17-11-18(15-24)13-23(12-17,16-24)20(26)27-22(4)9-7-6-8-10-22;1-7-19(5,6)16(22)25-21-11-14-8-15(12-21)10-20(9-14,13-21)17(23)24-18(2,3)4/h19-23H,6-18H2,1-5H3;17-22H,5-16H2,1-4H3;17-18H,5-16H2,1-4H3;14-15H,7-13H2,1-6H3. The van der Waals surface area contributed by atoms with Crippen LogP contribution >= 0.6 is 0 Å². The van der Waals surface area contributed by atoms with Gasteiger partial charge in [0.15, 0.2) is 0 Å². The molecule has 668 valence electrons. The topological polar surface area (TPSA) is 210 Å². The second-order valence-corrected chi connectivity index (χ2v) is 51.1. The van der Waals surface area contributed by atoms with Crippen LogP contribution in [0, 0.1) is 138 Å². The van der Waals surface area contributed by atoms with Crippen LogP contribution in [0.4, 0.5) is 0 Å². The number of rotatable bonds is 20. The van der Waals surface area contributed by atoms with Gasteiger partial charge in [-0.05, 0) is 443 Å². The third-order valence-corrected chi connectivity index (χ3v) is 38.1. The van der Waals surface area contributed by atoms with Gasteiger partial charge < -0.3 is 37.9 Å². The van der Waals surface area contributed by atoms with E-state index in [0.717, 1.165) is 184 Å². The van der Waals surface area contributed by atoms with Gasteiger partial charge in [-0.2, -0.15) is 0 Å². The Morgan fingerprint density at radius 3 is 0.807 bits per heavy atom. The van der Waals surface area contributed by atoms with E-state index in [2.05, 4.69) is 27.7 Å². The highest BCUT2D eigenvalue weighted by Gasteiger charge is 2.71. The maximum absolute atomic E-state index is 14.1. The summed E-state index contributed by atoms with van der Waals surface area (Å²) in [6, 6.07) is 0. The smallest absolute Gasteiger partial charge is 0.312 e. The molecule has 119 heavy (non-hydrogen) atoms.